The molecule has 0 fully saturated rings. The molecule has 0 bridgehead atoms. The van der Waals surface area contributed by atoms with Crippen molar-refractivity contribution < 1.29 is 24.1 Å². The summed E-state index contributed by atoms with van der Waals surface area (Å²) in [5, 5.41) is 9.14. The molecule has 3 rings (SSSR count). The Bertz CT molecular complexity index is 529. The van der Waals surface area contributed by atoms with E-state index in [1.165, 1.54) is 0 Å². The van der Waals surface area contributed by atoms with Crippen LogP contribution in [0.15, 0.2) is 0 Å². The number of methoxy groups -OCH3 is 1. The van der Waals surface area contributed by atoms with Gasteiger partial charge in [-0.3, -0.25) is 4.79 Å². The highest BCUT2D eigenvalue weighted by molar-refractivity contribution is 5.72. The summed E-state index contributed by atoms with van der Waals surface area (Å²) >= 11 is 0. The third kappa shape index (κ3) is 1.88. The van der Waals surface area contributed by atoms with Crippen LogP contribution in [0.2, 0.25) is 0 Å². The van der Waals surface area contributed by atoms with Gasteiger partial charge in [0.25, 0.3) is 0 Å². The molecule has 0 spiro atoms. The fourth-order valence-corrected chi connectivity index (χ4v) is 2.99. The topological polar surface area (TPSA) is 65.0 Å². The summed E-state index contributed by atoms with van der Waals surface area (Å²) in [6, 6.07) is 0. The second-order valence-corrected chi connectivity index (χ2v) is 5.27. The minimum absolute atomic E-state index is 0.443. The van der Waals surface area contributed by atoms with Crippen molar-refractivity contribution >= 4 is 5.97 Å². The molecule has 0 saturated heterocycles. The van der Waals surface area contributed by atoms with Crippen molar-refractivity contribution in [2.45, 2.75) is 26.2 Å². The van der Waals surface area contributed by atoms with Crippen LogP contribution >= 0.6 is 0 Å². The van der Waals surface area contributed by atoms with Gasteiger partial charge in [0.2, 0.25) is 0 Å². The summed E-state index contributed by atoms with van der Waals surface area (Å²) in [4.78, 5) is 11.1. The van der Waals surface area contributed by atoms with Crippen LogP contribution in [0, 0.1) is 5.92 Å². The van der Waals surface area contributed by atoms with Gasteiger partial charge >= 0.3 is 5.97 Å². The van der Waals surface area contributed by atoms with E-state index >= 15 is 0 Å². The molecule has 20 heavy (non-hydrogen) atoms. The van der Waals surface area contributed by atoms with Crippen LogP contribution < -0.4 is 14.2 Å². The van der Waals surface area contributed by atoms with Gasteiger partial charge in [-0.05, 0) is 6.42 Å². The van der Waals surface area contributed by atoms with Crippen molar-refractivity contribution in [1.29, 1.82) is 0 Å². The van der Waals surface area contributed by atoms with Crippen molar-refractivity contribution in [1.82, 2.24) is 0 Å². The third-order valence-electron chi connectivity index (χ3n) is 4.00. The number of hydrogen-bond acceptors (Lipinski definition) is 4. The highest BCUT2D eigenvalue weighted by Crippen LogP contribution is 2.49. The average Bonchev–Trinajstić information content (AvgIpc) is 3.06. The highest BCUT2D eigenvalue weighted by atomic mass is 16.5. The zero-order valence-corrected chi connectivity index (χ0v) is 11.7. The summed E-state index contributed by atoms with van der Waals surface area (Å²) in [7, 11) is 1.63. The van der Waals surface area contributed by atoms with E-state index in [1.54, 1.807) is 14.0 Å². The van der Waals surface area contributed by atoms with Gasteiger partial charge in [0.1, 0.15) is 5.75 Å². The Hall–Kier alpha value is -1.91. The van der Waals surface area contributed by atoms with Crippen LogP contribution in [-0.2, 0) is 24.1 Å². The smallest absolute Gasteiger partial charge is 0.306 e. The molecule has 5 nitrogen and oxygen atoms in total. The van der Waals surface area contributed by atoms with E-state index in [4.69, 9.17) is 19.3 Å². The molecule has 0 radical (unpaired) electrons. The van der Waals surface area contributed by atoms with Gasteiger partial charge in [-0.1, -0.05) is 6.92 Å². The lowest BCUT2D eigenvalue weighted by Crippen LogP contribution is -2.14. The maximum atomic E-state index is 11.1. The number of aliphatic carboxylic acids is 1. The fraction of sp³-hybridized carbons (Fsp3) is 0.533. The molecule has 5 heteroatoms. The maximum Gasteiger partial charge on any atom is 0.306 e. The number of carboxylic acid groups (broad SMARTS) is 1. The molecule has 2 aliphatic rings. The van der Waals surface area contributed by atoms with Gasteiger partial charge in [-0.2, -0.15) is 0 Å². The second kappa shape index (κ2) is 4.89. The molecule has 1 atom stereocenters. The molecule has 2 heterocycles. The molecular weight excluding hydrogens is 260 g/mol. The number of hydrogen-bond donors (Lipinski definition) is 1. The first-order chi connectivity index (χ1) is 9.63. The lowest BCUT2D eigenvalue weighted by atomic mass is 9.91. The minimum atomic E-state index is -0.791. The third-order valence-corrected chi connectivity index (χ3v) is 4.00. The molecule has 0 aromatic heterocycles. The van der Waals surface area contributed by atoms with Gasteiger partial charge in [-0.15, -0.1) is 0 Å². The zero-order chi connectivity index (χ0) is 14.3. The first kappa shape index (κ1) is 13.1. The summed E-state index contributed by atoms with van der Waals surface area (Å²) < 4.78 is 16.9. The average molecular weight is 278 g/mol. The fourth-order valence-electron chi connectivity index (χ4n) is 2.99. The van der Waals surface area contributed by atoms with E-state index in [-0.39, 0.29) is 0 Å². The van der Waals surface area contributed by atoms with Gasteiger partial charge in [0.05, 0.1) is 26.2 Å². The van der Waals surface area contributed by atoms with Crippen LogP contribution in [0.5, 0.6) is 17.2 Å². The summed E-state index contributed by atoms with van der Waals surface area (Å²) in [5.41, 5.74) is 3.05. The Morgan fingerprint density at radius 3 is 2.55 bits per heavy atom. The molecule has 0 saturated carbocycles. The molecule has 1 unspecified atom stereocenters. The van der Waals surface area contributed by atoms with E-state index in [0.717, 1.165) is 46.8 Å². The highest BCUT2D eigenvalue weighted by Gasteiger charge is 2.33. The first-order valence-corrected chi connectivity index (χ1v) is 6.86. The van der Waals surface area contributed by atoms with Crippen LogP contribution in [0.25, 0.3) is 0 Å². The monoisotopic (exact) mass is 278 g/mol. The Balaban J connectivity index is 2.12. The van der Waals surface area contributed by atoms with Crippen LogP contribution in [0.3, 0.4) is 0 Å². The molecule has 1 aromatic rings. The molecule has 108 valence electrons. The standard InChI is InChI=1S/C15H18O5/c1-8(15(16)17)7-11-9-3-5-20-14(9)13(18-2)10-4-6-19-12(10)11/h8H,3-7H2,1-2H3,(H,16,17). The number of rotatable bonds is 4. The molecule has 0 amide bonds. The maximum absolute atomic E-state index is 11.1. The minimum Gasteiger partial charge on any atom is -0.493 e. The Morgan fingerprint density at radius 2 is 1.90 bits per heavy atom. The van der Waals surface area contributed by atoms with E-state index < -0.39 is 11.9 Å². The van der Waals surface area contributed by atoms with E-state index in [2.05, 4.69) is 0 Å². The molecule has 0 aliphatic carbocycles. The quantitative estimate of drug-likeness (QED) is 0.910. The SMILES string of the molecule is COc1c2c(c(CC(C)C(=O)O)c3c1OCC3)OCC2. The summed E-state index contributed by atoms with van der Waals surface area (Å²) in [5.74, 6) is 1.13. The number of ether oxygens (including phenoxy) is 3. The Morgan fingerprint density at radius 1 is 1.25 bits per heavy atom. The normalized spacial score (nSPS) is 16.9. The van der Waals surface area contributed by atoms with Crippen molar-refractivity contribution in [3.63, 3.8) is 0 Å². The van der Waals surface area contributed by atoms with Crippen molar-refractivity contribution in [3.8, 4) is 17.2 Å². The summed E-state index contributed by atoms with van der Waals surface area (Å²) in [6.45, 7) is 2.95. The lowest BCUT2D eigenvalue weighted by Gasteiger charge is -2.17. The Labute approximate surface area is 117 Å². The van der Waals surface area contributed by atoms with E-state index in [0.29, 0.717) is 19.6 Å². The van der Waals surface area contributed by atoms with Crippen LogP contribution in [0.4, 0.5) is 0 Å². The molecule has 1 N–H and O–H groups in total. The second-order valence-electron chi connectivity index (χ2n) is 5.27. The lowest BCUT2D eigenvalue weighted by molar-refractivity contribution is -0.141. The number of benzene rings is 1. The molecular formula is C15H18O5. The van der Waals surface area contributed by atoms with Crippen molar-refractivity contribution in [2.24, 2.45) is 5.92 Å². The number of carboxylic acids is 1. The van der Waals surface area contributed by atoms with Crippen molar-refractivity contribution in [3.05, 3.63) is 16.7 Å². The Kier molecular flexibility index (Phi) is 3.20. The zero-order valence-electron chi connectivity index (χ0n) is 11.7. The van der Waals surface area contributed by atoms with Gasteiger partial charge < -0.3 is 19.3 Å². The van der Waals surface area contributed by atoms with Crippen LogP contribution in [-0.4, -0.2) is 31.4 Å². The molecule has 2 aliphatic heterocycles. The summed E-state index contributed by atoms with van der Waals surface area (Å²) in [6.07, 6.45) is 2.03. The predicted molar refractivity (Wildman–Crippen MR) is 71.9 cm³/mol. The molecule has 1 aromatic carbocycles. The van der Waals surface area contributed by atoms with E-state index in [1.807, 2.05) is 0 Å². The largest absolute Gasteiger partial charge is 0.493 e. The van der Waals surface area contributed by atoms with Crippen molar-refractivity contribution in [2.75, 3.05) is 20.3 Å². The number of carbonyl (C=O) groups is 1. The van der Waals surface area contributed by atoms with Gasteiger partial charge in [0, 0.05) is 29.5 Å². The van der Waals surface area contributed by atoms with Crippen LogP contribution in [0.1, 0.15) is 23.6 Å². The van der Waals surface area contributed by atoms with Gasteiger partial charge in [0.15, 0.2) is 11.5 Å². The van der Waals surface area contributed by atoms with Gasteiger partial charge in [-0.25, -0.2) is 0 Å². The predicted octanol–water partition coefficient (Wildman–Crippen LogP) is 1.83. The number of fused-ring (bicyclic) bond motifs is 2. The van der Waals surface area contributed by atoms with E-state index in [9.17, 15) is 4.79 Å². The first-order valence-electron chi connectivity index (χ1n) is 6.86.